The third-order valence-corrected chi connectivity index (χ3v) is 5.48. The van der Waals surface area contributed by atoms with Crippen molar-refractivity contribution >= 4 is 21.6 Å². The Morgan fingerprint density at radius 2 is 1.85 bits per heavy atom. The maximum absolute atomic E-state index is 12.5. The smallest absolute Gasteiger partial charge is 0.243 e. The molecule has 1 rings (SSSR count). The highest BCUT2D eigenvalue weighted by Crippen LogP contribution is 2.23. The van der Waals surface area contributed by atoms with Gasteiger partial charge in [-0.05, 0) is 23.8 Å². The Bertz CT molecular complexity index is 540. The standard InChI is InChI=1S/C14H23ClN2O2S/c1-5-17(6-2)20(18,19)13-7-8-14(15)12(9-13)10-16-11(3)4/h7-9,11,16H,5-6,10H2,1-4H3. The van der Waals surface area contributed by atoms with Crippen LogP contribution in [-0.2, 0) is 16.6 Å². The molecule has 0 aliphatic carbocycles. The predicted molar refractivity (Wildman–Crippen MR) is 83.5 cm³/mol. The van der Waals surface area contributed by atoms with E-state index in [1.165, 1.54) is 4.31 Å². The molecular weight excluding hydrogens is 296 g/mol. The van der Waals surface area contributed by atoms with E-state index in [1.807, 2.05) is 27.7 Å². The first-order valence-corrected chi connectivity index (χ1v) is 8.66. The largest absolute Gasteiger partial charge is 0.310 e. The predicted octanol–water partition coefficient (Wildman–Crippen LogP) is 2.87. The summed E-state index contributed by atoms with van der Waals surface area (Å²) in [6.45, 7) is 9.20. The Balaban J connectivity index is 3.11. The molecule has 0 spiro atoms. The molecule has 0 saturated heterocycles. The molecule has 114 valence electrons. The molecule has 20 heavy (non-hydrogen) atoms. The van der Waals surface area contributed by atoms with Crippen LogP contribution in [0.5, 0.6) is 0 Å². The van der Waals surface area contributed by atoms with Gasteiger partial charge in [0.1, 0.15) is 0 Å². The number of halogens is 1. The van der Waals surface area contributed by atoms with Gasteiger partial charge >= 0.3 is 0 Å². The molecule has 1 aromatic rings. The number of rotatable bonds is 7. The Labute approximate surface area is 127 Å². The molecule has 1 N–H and O–H groups in total. The van der Waals surface area contributed by atoms with Crippen molar-refractivity contribution in [3.8, 4) is 0 Å². The van der Waals surface area contributed by atoms with Gasteiger partial charge in [0, 0.05) is 30.7 Å². The minimum Gasteiger partial charge on any atom is -0.310 e. The topological polar surface area (TPSA) is 49.4 Å². The average molecular weight is 319 g/mol. The van der Waals surface area contributed by atoms with Gasteiger partial charge in [-0.1, -0.05) is 39.3 Å². The van der Waals surface area contributed by atoms with E-state index in [0.717, 1.165) is 5.56 Å². The van der Waals surface area contributed by atoms with E-state index < -0.39 is 10.0 Å². The Morgan fingerprint density at radius 3 is 2.35 bits per heavy atom. The lowest BCUT2D eigenvalue weighted by molar-refractivity contribution is 0.445. The third-order valence-electron chi connectivity index (χ3n) is 3.06. The molecule has 0 aliphatic heterocycles. The normalized spacial score (nSPS) is 12.3. The van der Waals surface area contributed by atoms with Crippen LogP contribution in [-0.4, -0.2) is 31.9 Å². The maximum atomic E-state index is 12.5. The van der Waals surface area contributed by atoms with Crippen LogP contribution >= 0.6 is 11.6 Å². The van der Waals surface area contributed by atoms with Gasteiger partial charge in [-0.3, -0.25) is 0 Å². The minimum atomic E-state index is -3.43. The van der Waals surface area contributed by atoms with Crippen molar-refractivity contribution in [1.82, 2.24) is 9.62 Å². The number of sulfonamides is 1. The van der Waals surface area contributed by atoms with Crippen LogP contribution in [0.3, 0.4) is 0 Å². The summed E-state index contributed by atoms with van der Waals surface area (Å²) in [6.07, 6.45) is 0. The molecular formula is C14H23ClN2O2S. The fourth-order valence-corrected chi connectivity index (χ4v) is 3.57. The number of hydrogen-bond donors (Lipinski definition) is 1. The molecule has 0 radical (unpaired) electrons. The van der Waals surface area contributed by atoms with Crippen molar-refractivity contribution in [3.63, 3.8) is 0 Å². The van der Waals surface area contributed by atoms with E-state index in [9.17, 15) is 8.42 Å². The Morgan fingerprint density at radius 1 is 1.25 bits per heavy atom. The van der Waals surface area contributed by atoms with Crippen molar-refractivity contribution in [3.05, 3.63) is 28.8 Å². The van der Waals surface area contributed by atoms with Crippen molar-refractivity contribution in [2.24, 2.45) is 0 Å². The number of hydrogen-bond acceptors (Lipinski definition) is 3. The van der Waals surface area contributed by atoms with E-state index in [1.54, 1.807) is 18.2 Å². The Hall–Kier alpha value is -0.620. The van der Waals surface area contributed by atoms with E-state index in [-0.39, 0.29) is 0 Å². The quantitative estimate of drug-likeness (QED) is 0.841. The van der Waals surface area contributed by atoms with Gasteiger partial charge in [0.15, 0.2) is 0 Å². The van der Waals surface area contributed by atoms with Gasteiger partial charge in [0.2, 0.25) is 10.0 Å². The molecule has 6 heteroatoms. The summed E-state index contributed by atoms with van der Waals surface area (Å²) in [5.41, 5.74) is 0.800. The molecule has 1 aromatic carbocycles. The van der Waals surface area contributed by atoms with E-state index in [2.05, 4.69) is 5.32 Å². The molecule has 0 saturated carbocycles. The van der Waals surface area contributed by atoms with Crippen molar-refractivity contribution in [1.29, 1.82) is 0 Å². The summed E-state index contributed by atoms with van der Waals surface area (Å²) in [4.78, 5) is 0.297. The number of benzene rings is 1. The average Bonchev–Trinajstić information content (AvgIpc) is 2.38. The van der Waals surface area contributed by atoms with E-state index in [4.69, 9.17) is 11.6 Å². The second kappa shape index (κ2) is 7.41. The van der Waals surface area contributed by atoms with Crippen LogP contribution in [0.4, 0.5) is 0 Å². The zero-order valence-electron chi connectivity index (χ0n) is 12.5. The third kappa shape index (κ3) is 4.19. The van der Waals surface area contributed by atoms with Gasteiger partial charge in [0.05, 0.1) is 4.90 Å². The molecule has 0 bridgehead atoms. The highest BCUT2D eigenvalue weighted by atomic mass is 35.5. The van der Waals surface area contributed by atoms with Crippen LogP contribution in [0, 0.1) is 0 Å². The molecule has 0 amide bonds. The molecule has 0 fully saturated rings. The van der Waals surface area contributed by atoms with Crippen LogP contribution in [0.15, 0.2) is 23.1 Å². The van der Waals surface area contributed by atoms with Crippen molar-refractivity contribution < 1.29 is 8.42 Å². The lowest BCUT2D eigenvalue weighted by Gasteiger charge is -2.19. The van der Waals surface area contributed by atoms with Crippen molar-refractivity contribution in [2.45, 2.75) is 45.2 Å². The van der Waals surface area contributed by atoms with Crippen LogP contribution < -0.4 is 5.32 Å². The second-order valence-electron chi connectivity index (χ2n) is 4.88. The van der Waals surface area contributed by atoms with Crippen LogP contribution in [0.2, 0.25) is 5.02 Å². The van der Waals surface area contributed by atoms with Gasteiger partial charge in [0.25, 0.3) is 0 Å². The van der Waals surface area contributed by atoms with Crippen LogP contribution in [0.25, 0.3) is 0 Å². The molecule has 0 aliphatic rings. The van der Waals surface area contributed by atoms with E-state index >= 15 is 0 Å². The lowest BCUT2D eigenvalue weighted by atomic mass is 10.2. The lowest BCUT2D eigenvalue weighted by Crippen LogP contribution is -2.30. The summed E-state index contributed by atoms with van der Waals surface area (Å²) < 4.78 is 26.4. The summed E-state index contributed by atoms with van der Waals surface area (Å²) in [5, 5.41) is 3.83. The highest BCUT2D eigenvalue weighted by molar-refractivity contribution is 7.89. The molecule has 4 nitrogen and oxygen atoms in total. The zero-order valence-corrected chi connectivity index (χ0v) is 14.1. The number of nitrogens with one attached hydrogen (secondary N) is 1. The fraction of sp³-hybridized carbons (Fsp3) is 0.571. The van der Waals surface area contributed by atoms with Gasteiger partial charge < -0.3 is 5.32 Å². The van der Waals surface area contributed by atoms with E-state index in [0.29, 0.717) is 35.6 Å². The van der Waals surface area contributed by atoms with Gasteiger partial charge in [-0.25, -0.2) is 8.42 Å². The van der Waals surface area contributed by atoms with Crippen molar-refractivity contribution in [2.75, 3.05) is 13.1 Å². The number of nitrogens with zero attached hydrogens (tertiary/aromatic N) is 1. The summed E-state index contributed by atoms with van der Waals surface area (Å²) in [5.74, 6) is 0. The fourth-order valence-electron chi connectivity index (χ4n) is 1.87. The molecule has 0 atom stereocenters. The summed E-state index contributed by atoms with van der Waals surface area (Å²) in [7, 11) is -3.43. The van der Waals surface area contributed by atoms with Gasteiger partial charge in [-0.15, -0.1) is 0 Å². The first-order valence-electron chi connectivity index (χ1n) is 6.84. The summed E-state index contributed by atoms with van der Waals surface area (Å²) in [6, 6.07) is 5.18. The second-order valence-corrected chi connectivity index (χ2v) is 7.22. The first kappa shape index (κ1) is 17.4. The van der Waals surface area contributed by atoms with Gasteiger partial charge in [-0.2, -0.15) is 4.31 Å². The zero-order chi connectivity index (χ0) is 15.3. The first-order chi connectivity index (χ1) is 9.32. The monoisotopic (exact) mass is 318 g/mol. The van der Waals surface area contributed by atoms with Crippen LogP contribution in [0.1, 0.15) is 33.3 Å². The maximum Gasteiger partial charge on any atom is 0.243 e. The highest BCUT2D eigenvalue weighted by Gasteiger charge is 2.22. The summed E-state index contributed by atoms with van der Waals surface area (Å²) >= 11 is 6.13. The minimum absolute atomic E-state index is 0.297. The molecule has 0 heterocycles. The molecule has 0 unspecified atom stereocenters. The Kier molecular flexibility index (Phi) is 6.45. The SMILES string of the molecule is CCN(CC)S(=O)(=O)c1ccc(Cl)c(CNC(C)C)c1. The molecule has 0 aromatic heterocycles.